The molecular formula is C18H13NO4S. The minimum atomic E-state index is -0.410. The zero-order valence-electron chi connectivity index (χ0n) is 12.6. The van der Waals surface area contributed by atoms with Crippen LogP contribution >= 0.6 is 11.3 Å². The summed E-state index contributed by atoms with van der Waals surface area (Å²) in [6.07, 6.45) is 3.08. The fourth-order valence-electron chi connectivity index (χ4n) is 2.34. The van der Waals surface area contributed by atoms with E-state index in [1.54, 1.807) is 6.08 Å². The van der Waals surface area contributed by atoms with E-state index in [1.165, 1.54) is 17.4 Å². The van der Waals surface area contributed by atoms with Gasteiger partial charge in [-0.05, 0) is 35.9 Å². The summed E-state index contributed by atoms with van der Waals surface area (Å²) in [6, 6.07) is 13.3. The smallest absolute Gasteiger partial charge is 0.331 e. The molecule has 120 valence electrons. The first-order valence-corrected chi connectivity index (χ1v) is 8.18. The van der Waals surface area contributed by atoms with Gasteiger partial charge in [0.15, 0.2) is 11.5 Å². The topological polar surface area (TPSA) is 57.7 Å². The molecule has 0 unspecified atom stereocenters. The minimum absolute atomic E-state index is 0.170. The first kappa shape index (κ1) is 14.7. The molecule has 0 amide bonds. The molecule has 1 aliphatic rings. The van der Waals surface area contributed by atoms with Crippen LogP contribution in [0, 0.1) is 0 Å². The summed E-state index contributed by atoms with van der Waals surface area (Å²) < 4.78 is 16.9. The maximum absolute atomic E-state index is 11.9. The number of para-hydroxylation sites is 1. The summed E-state index contributed by atoms with van der Waals surface area (Å²) in [5.74, 6) is 0.984. The van der Waals surface area contributed by atoms with Crippen LogP contribution in [0.3, 0.4) is 0 Å². The molecule has 0 spiro atoms. The van der Waals surface area contributed by atoms with Crippen molar-refractivity contribution in [3.63, 3.8) is 0 Å². The van der Waals surface area contributed by atoms with Crippen molar-refractivity contribution in [2.45, 2.75) is 6.61 Å². The first-order chi connectivity index (χ1) is 11.8. The SMILES string of the molecule is O=C(C=Cc1ccc2c(c1)OCO2)OCc1nc2ccccc2s1. The van der Waals surface area contributed by atoms with Crippen molar-refractivity contribution in [3.8, 4) is 11.5 Å². The Morgan fingerprint density at radius 3 is 3.00 bits per heavy atom. The molecule has 0 radical (unpaired) electrons. The summed E-state index contributed by atoms with van der Waals surface area (Å²) in [6.45, 7) is 0.399. The lowest BCUT2D eigenvalue weighted by molar-refractivity contribution is -0.138. The van der Waals surface area contributed by atoms with Gasteiger partial charge in [-0.15, -0.1) is 11.3 Å². The number of carbonyl (C=O) groups excluding carboxylic acids is 1. The standard InChI is InChI=1S/C18H13NO4S/c20-18(8-6-12-5-7-14-15(9-12)23-11-22-14)21-10-17-19-13-3-1-2-4-16(13)24-17/h1-9H,10-11H2. The minimum Gasteiger partial charge on any atom is -0.455 e. The summed E-state index contributed by atoms with van der Waals surface area (Å²) in [5.41, 5.74) is 1.76. The third-order valence-electron chi connectivity index (χ3n) is 3.48. The second kappa shape index (κ2) is 6.33. The Kier molecular flexibility index (Phi) is 3.88. The number of carbonyl (C=O) groups is 1. The molecule has 4 rings (SSSR count). The Morgan fingerprint density at radius 1 is 1.21 bits per heavy atom. The number of benzene rings is 2. The Bertz CT molecular complexity index is 899. The van der Waals surface area contributed by atoms with Gasteiger partial charge < -0.3 is 14.2 Å². The molecule has 0 saturated carbocycles. The number of nitrogens with zero attached hydrogens (tertiary/aromatic N) is 1. The van der Waals surface area contributed by atoms with Gasteiger partial charge in [-0.1, -0.05) is 18.2 Å². The Hall–Kier alpha value is -2.86. The van der Waals surface area contributed by atoms with Crippen LogP contribution in [-0.4, -0.2) is 17.7 Å². The van der Waals surface area contributed by atoms with Gasteiger partial charge in [0.25, 0.3) is 0 Å². The fourth-order valence-corrected chi connectivity index (χ4v) is 3.22. The normalized spacial score (nSPS) is 12.8. The number of hydrogen-bond donors (Lipinski definition) is 0. The van der Waals surface area contributed by atoms with E-state index in [2.05, 4.69) is 4.98 Å². The number of hydrogen-bond acceptors (Lipinski definition) is 6. The molecule has 1 aliphatic heterocycles. The van der Waals surface area contributed by atoms with Crippen LogP contribution in [-0.2, 0) is 16.1 Å². The summed E-state index contributed by atoms with van der Waals surface area (Å²) in [7, 11) is 0. The quantitative estimate of drug-likeness (QED) is 0.535. The van der Waals surface area contributed by atoms with Crippen LogP contribution in [0.5, 0.6) is 11.5 Å². The second-order valence-corrected chi connectivity index (χ2v) is 6.24. The number of fused-ring (bicyclic) bond motifs is 2. The highest BCUT2D eigenvalue weighted by atomic mass is 32.1. The average Bonchev–Trinajstić information content (AvgIpc) is 3.23. The molecule has 6 heteroatoms. The van der Waals surface area contributed by atoms with E-state index in [4.69, 9.17) is 14.2 Å². The number of aromatic nitrogens is 1. The van der Waals surface area contributed by atoms with E-state index in [9.17, 15) is 4.79 Å². The molecular weight excluding hydrogens is 326 g/mol. The average molecular weight is 339 g/mol. The lowest BCUT2D eigenvalue weighted by atomic mass is 10.2. The number of rotatable bonds is 4. The van der Waals surface area contributed by atoms with Crippen LogP contribution in [0.1, 0.15) is 10.6 Å². The summed E-state index contributed by atoms with van der Waals surface area (Å²) in [4.78, 5) is 16.3. The van der Waals surface area contributed by atoms with Gasteiger partial charge in [0, 0.05) is 6.08 Å². The van der Waals surface area contributed by atoms with Gasteiger partial charge in [-0.25, -0.2) is 9.78 Å². The maximum atomic E-state index is 11.9. The van der Waals surface area contributed by atoms with Gasteiger partial charge in [0.1, 0.15) is 11.6 Å². The fraction of sp³-hybridized carbons (Fsp3) is 0.111. The molecule has 0 fully saturated rings. The van der Waals surface area contributed by atoms with Gasteiger partial charge in [-0.2, -0.15) is 0 Å². The molecule has 0 atom stereocenters. The monoisotopic (exact) mass is 339 g/mol. The number of esters is 1. The molecule has 0 saturated heterocycles. The molecule has 2 aromatic carbocycles. The Balaban J connectivity index is 1.37. The Morgan fingerprint density at radius 2 is 2.08 bits per heavy atom. The van der Waals surface area contributed by atoms with Crippen molar-refractivity contribution < 1.29 is 19.0 Å². The molecule has 1 aromatic heterocycles. The lowest BCUT2D eigenvalue weighted by Crippen LogP contribution is -2.00. The van der Waals surface area contributed by atoms with Crippen molar-refractivity contribution in [1.82, 2.24) is 4.98 Å². The highest BCUT2D eigenvalue weighted by molar-refractivity contribution is 7.18. The van der Waals surface area contributed by atoms with E-state index in [1.807, 2.05) is 42.5 Å². The van der Waals surface area contributed by atoms with Crippen LogP contribution in [0.25, 0.3) is 16.3 Å². The van der Waals surface area contributed by atoms with Crippen LogP contribution < -0.4 is 9.47 Å². The highest BCUT2D eigenvalue weighted by Crippen LogP contribution is 2.32. The molecule has 24 heavy (non-hydrogen) atoms. The summed E-state index contributed by atoms with van der Waals surface area (Å²) in [5, 5.41) is 0.779. The van der Waals surface area contributed by atoms with E-state index >= 15 is 0 Å². The van der Waals surface area contributed by atoms with Crippen molar-refractivity contribution in [3.05, 3.63) is 59.1 Å². The van der Waals surface area contributed by atoms with Crippen molar-refractivity contribution in [2.75, 3.05) is 6.79 Å². The molecule has 2 heterocycles. The molecule has 5 nitrogen and oxygen atoms in total. The molecule has 0 bridgehead atoms. The van der Waals surface area contributed by atoms with Crippen LogP contribution in [0.15, 0.2) is 48.5 Å². The largest absolute Gasteiger partial charge is 0.455 e. The van der Waals surface area contributed by atoms with Crippen molar-refractivity contribution in [1.29, 1.82) is 0 Å². The molecule has 0 aliphatic carbocycles. The first-order valence-electron chi connectivity index (χ1n) is 7.37. The molecule has 3 aromatic rings. The lowest BCUT2D eigenvalue weighted by Gasteiger charge is -1.99. The van der Waals surface area contributed by atoms with E-state index < -0.39 is 5.97 Å². The van der Waals surface area contributed by atoms with E-state index in [0.29, 0.717) is 11.5 Å². The van der Waals surface area contributed by atoms with Gasteiger partial charge >= 0.3 is 5.97 Å². The van der Waals surface area contributed by atoms with E-state index in [-0.39, 0.29) is 13.4 Å². The van der Waals surface area contributed by atoms with Crippen molar-refractivity contribution in [2.24, 2.45) is 0 Å². The highest BCUT2D eigenvalue weighted by Gasteiger charge is 2.12. The van der Waals surface area contributed by atoms with E-state index in [0.717, 1.165) is 20.8 Å². The number of ether oxygens (including phenoxy) is 3. The third-order valence-corrected chi connectivity index (χ3v) is 4.49. The second-order valence-electron chi connectivity index (χ2n) is 5.13. The summed E-state index contributed by atoms with van der Waals surface area (Å²) >= 11 is 1.52. The third kappa shape index (κ3) is 3.09. The zero-order valence-corrected chi connectivity index (χ0v) is 13.4. The number of thiazole rings is 1. The zero-order chi connectivity index (χ0) is 16.4. The Labute approximate surface area is 142 Å². The predicted molar refractivity (Wildman–Crippen MR) is 91.0 cm³/mol. The van der Waals surface area contributed by atoms with Crippen molar-refractivity contribution >= 4 is 33.6 Å². The molecule has 0 N–H and O–H groups in total. The van der Waals surface area contributed by atoms with Gasteiger partial charge in [0.05, 0.1) is 10.2 Å². The predicted octanol–water partition coefficient (Wildman–Crippen LogP) is 3.78. The van der Waals surface area contributed by atoms with Crippen LogP contribution in [0.2, 0.25) is 0 Å². The van der Waals surface area contributed by atoms with Crippen LogP contribution in [0.4, 0.5) is 0 Å². The maximum Gasteiger partial charge on any atom is 0.331 e. The van der Waals surface area contributed by atoms with Gasteiger partial charge in [0.2, 0.25) is 6.79 Å². The van der Waals surface area contributed by atoms with Gasteiger partial charge in [-0.3, -0.25) is 0 Å².